The highest BCUT2D eigenvalue weighted by atomic mass is 19.4. The van der Waals surface area contributed by atoms with Gasteiger partial charge >= 0.3 is 12.1 Å². The average Bonchev–Trinajstić information content (AvgIpc) is 3.14. The number of alkyl halides is 3. The molecule has 4 aliphatic rings. The number of carbonyl (C=O) groups excluding carboxylic acids is 1. The van der Waals surface area contributed by atoms with E-state index in [9.17, 15) is 22.8 Å². The van der Waals surface area contributed by atoms with Crippen molar-refractivity contribution in [2.75, 3.05) is 19.7 Å². The largest absolute Gasteiger partial charge is 0.480 e. The molecular formula is C31H49F3N2O4. The smallest absolute Gasteiger partial charge is 0.392 e. The molecule has 2 N–H and O–H groups in total. The Bertz CT molecular complexity index is 936. The Labute approximate surface area is 237 Å². The van der Waals surface area contributed by atoms with Crippen LogP contribution in [0, 0.1) is 41.4 Å². The molecule has 0 aromatic rings. The van der Waals surface area contributed by atoms with E-state index < -0.39 is 36.7 Å². The Morgan fingerprint density at radius 1 is 1.05 bits per heavy atom. The number of carboxylic acid groups (broad SMARTS) is 1. The molecule has 1 heterocycles. The van der Waals surface area contributed by atoms with E-state index in [1.165, 1.54) is 31.3 Å². The molecule has 0 spiro atoms. The zero-order chi connectivity index (χ0) is 29.2. The van der Waals surface area contributed by atoms with Crippen molar-refractivity contribution in [2.45, 2.75) is 110 Å². The Balaban J connectivity index is 1.36. The Hall–Kier alpha value is -1.77. The first-order valence-electron chi connectivity index (χ1n) is 15.5. The molecule has 0 aromatic carbocycles. The van der Waals surface area contributed by atoms with E-state index in [2.05, 4.69) is 31.0 Å². The maximum absolute atomic E-state index is 14.0. The fourth-order valence-electron chi connectivity index (χ4n) is 8.21. The first kappa shape index (κ1) is 31.2. The van der Waals surface area contributed by atoms with Gasteiger partial charge in [0.05, 0.1) is 12.0 Å². The van der Waals surface area contributed by atoms with Gasteiger partial charge in [-0.3, -0.25) is 4.79 Å². The van der Waals surface area contributed by atoms with Crippen molar-refractivity contribution in [3.63, 3.8) is 0 Å². The summed E-state index contributed by atoms with van der Waals surface area (Å²) in [4.78, 5) is 26.3. The molecule has 1 amide bonds. The van der Waals surface area contributed by atoms with E-state index in [0.717, 1.165) is 37.4 Å². The predicted molar refractivity (Wildman–Crippen MR) is 147 cm³/mol. The number of hydrogen-bond acceptors (Lipinski definition) is 4. The van der Waals surface area contributed by atoms with Crippen LogP contribution in [-0.4, -0.2) is 59.9 Å². The summed E-state index contributed by atoms with van der Waals surface area (Å²) in [6.07, 6.45) is 2.80. The SMILES string of the molecule is CC1=C(C)N(CC2CC(OCC(=O)O)CCC2C(F)(F)F)C2CCC(C(=O)NCC3CCCC(C(C)C)C3)CC12. The summed E-state index contributed by atoms with van der Waals surface area (Å²) in [6.45, 7) is 9.20. The number of hydrogen-bond donors (Lipinski definition) is 2. The lowest BCUT2D eigenvalue weighted by atomic mass is 9.74. The number of allylic oxidation sites excluding steroid dienone is 1. The molecule has 8 atom stereocenters. The zero-order valence-corrected chi connectivity index (χ0v) is 24.6. The second-order valence-electron chi connectivity index (χ2n) is 13.4. The molecule has 6 nitrogen and oxygen atoms in total. The molecule has 3 saturated carbocycles. The molecule has 0 saturated heterocycles. The number of amides is 1. The highest BCUT2D eigenvalue weighted by molar-refractivity contribution is 5.78. The quantitative estimate of drug-likeness (QED) is 0.335. The van der Waals surface area contributed by atoms with Crippen LogP contribution in [0.15, 0.2) is 11.3 Å². The maximum Gasteiger partial charge on any atom is 0.392 e. The predicted octanol–water partition coefficient (Wildman–Crippen LogP) is 6.41. The van der Waals surface area contributed by atoms with Gasteiger partial charge in [0.25, 0.3) is 0 Å². The van der Waals surface area contributed by atoms with Gasteiger partial charge in [-0.05, 0) is 94.5 Å². The number of nitrogens with one attached hydrogen (secondary N) is 1. The van der Waals surface area contributed by atoms with Crippen LogP contribution in [0.3, 0.4) is 0 Å². The van der Waals surface area contributed by atoms with Crippen LogP contribution in [0.4, 0.5) is 13.2 Å². The van der Waals surface area contributed by atoms with Gasteiger partial charge in [0.1, 0.15) is 6.61 Å². The van der Waals surface area contributed by atoms with Crippen molar-refractivity contribution < 1.29 is 32.6 Å². The van der Waals surface area contributed by atoms with Crippen molar-refractivity contribution in [1.29, 1.82) is 0 Å². The number of halogens is 3. The number of carboxylic acids is 1. The van der Waals surface area contributed by atoms with E-state index in [-0.39, 0.29) is 49.6 Å². The maximum atomic E-state index is 14.0. The summed E-state index contributed by atoms with van der Waals surface area (Å²) in [5, 5.41) is 12.2. The van der Waals surface area contributed by atoms with E-state index in [1.54, 1.807) is 0 Å². The number of aliphatic carboxylic acids is 1. The third kappa shape index (κ3) is 7.35. The second kappa shape index (κ2) is 13.0. The molecule has 228 valence electrons. The molecule has 0 radical (unpaired) electrons. The minimum Gasteiger partial charge on any atom is -0.480 e. The van der Waals surface area contributed by atoms with Gasteiger partial charge in [0.15, 0.2) is 0 Å². The highest BCUT2D eigenvalue weighted by Gasteiger charge is 2.50. The Morgan fingerprint density at radius 2 is 1.80 bits per heavy atom. The van der Waals surface area contributed by atoms with E-state index >= 15 is 0 Å². The third-order valence-corrected chi connectivity index (χ3v) is 10.7. The molecule has 0 aromatic heterocycles. The lowest BCUT2D eigenvalue weighted by molar-refractivity contribution is -0.206. The summed E-state index contributed by atoms with van der Waals surface area (Å²) in [5.41, 5.74) is 2.22. The first-order chi connectivity index (χ1) is 18.8. The van der Waals surface area contributed by atoms with Gasteiger partial charge in [-0.1, -0.05) is 26.7 Å². The molecule has 3 fully saturated rings. The van der Waals surface area contributed by atoms with Crippen molar-refractivity contribution >= 4 is 11.9 Å². The standard InChI is InChI=1S/C31H49F3N2O4/c1-18(2)22-7-5-6-21(12-22)15-35-30(39)23-8-11-28-26(14-23)19(3)20(4)36(28)16-24-13-25(40-17-29(37)38)9-10-27(24)31(32,33)34/h18,21-28H,5-17H2,1-4H3,(H,35,39)(H,37,38). The molecular weight excluding hydrogens is 521 g/mol. The number of carbonyl (C=O) groups is 2. The number of rotatable bonds is 9. The summed E-state index contributed by atoms with van der Waals surface area (Å²) in [5.74, 6) is -0.945. The number of ether oxygens (including phenoxy) is 1. The van der Waals surface area contributed by atoms with Gasteiger partial charge in [-0.2, -0.15) is 13.2 Å². The van der Waals surface area contributed by atoms with Crippen LogP contribution in [0.1, 0.15) is 91.9 Å². The minimum absolute atomic E-state index is 0.0384. The Kier molecular flexibility index (Phi) is 10.2. The lowest BCUT2D eigenvalue weighted by Crippen LogP contribution is -2.47. The lowest BCUT2D eigenvalue weighted by Gasteiger charge is -2.43. The van der Waals surface area contributed by atoms with Gasteiger partial charge < -0.3 is 20.1 Å². The summed E-state index contributed by atoms with van der Waals surface area (Å²) in [6, 6.07) is 0.114. The topological polar surface area (TPSA) is 78.9 Å². The van der Waals surface area contributed by atoms with E-state index in [1.807, 2.05) is 6.92 Å². The molecule has 3 aliphatic carbocycles. The summed E-state index contributed by atoms with van der Waals surface area (Å²) in [7, 11) is 0. The average molecular weight is 571 g/mol. The van der Waals surface area contributed by atoms with Crippen LogP contribution in [-0.2, 0) is 14.3 Å². The van der Waals surface area contributed by atoms with Gasteiger partial charge in [0, 0.05) is 36.7 Å². The monoisotopic (exact) mass is 570 g/mol. The molecule has 8 unspecified atom stereocenters. The van der Waals surface area contributed by atoms with Crippen molar-refractivity contribution in [2.24, 2.45) is 41.4 Å². The third-order valence-electron chi connectivity index (χ3n) is 10.7. The summed E-state index contributed by atoms with van der Waals surface area (Å²) < 4.78 is 47.5. The van der Waals surface area contributed by atoms with Gasteiger partial charge in [-0.25, -0.2) is 4.79 Å². The fraction of sp³-hybridized carbons (Fsp3) is 0.871. The van der Waals surface area contributed by atoms with Crippen LogP contribution < -0.4 is 5.32 Å². The number of nitrogens with zero attached hydrogens (tertiary/aromatic N) is 1. The molecule has 4 rings (SSSR count). The van der Waals surface area contributed by atoms with E-state index in [4.69, 9.17) is 9.84 Å². The fourth-order valence-corrected chi connectivity index (χ4v) is 8.21. The van der Waals surface area contributed by atoms with E-state index in [0.29, 0.717) is 11.8 Å². The molecule has 1 aliphatic heterocycles. The van der Waals surface area contributed by atoms with Crippen LogP contribution >= 0.6 is 0 Å². The first-order valence-corrected chi connectivity index (χ1v) is 15.5. The van der Waals surface area contributed by atoms with Crippen molar-refractivity contribution in [1.82, 2.24) is 10.2 Å². The van der Waals surface area contributed by atoms with Crippen LogP contribution in [0.25, 0.3) is 0 Å². The highest BCUT2D eigenvalue weighted by Crippen LogP contribution is 2.48. The van der Waals surface area contributed by atoms with Crippen LogP contribution in [0.2, 0.25) is 0 Å². The van der Waals surface area contributed by atoms with Crippen molar-refractivity contribution in [3.05, 3.63) is 11.3 Å². The van der Waals surface area contributed by atoms with Gasteiger partial charge in [-0.15, -0.1) is 0 Å². The van der Waals surface area contributed by atoms with Gasteiger partial charge in [0.2, 0.25) is 5.91 Å². The zero-order valence-electron chi connectivity index (χ0n) is 24.6. The molecule has 0 bridgehead atoms. The normalized spacial score (nSPS) is 35.1. The number of fused-ring (bicyclic) bond motifs is 1. The minimum atomic E-state index is -4.29. The summed E-state index contributed by atoms with van der Waals surface area (Å²) >= 11 is 0. The second-order valence-corrected chi connectivity index (χ2v) is 13.4. The molecule has 40 heavy (non-hydrogen) atoms. The van der Waals surface area contributed by atoms with Crippen molar-refractivity contribution in [3.8, 4) is 0 Å². The molecule has 9 heteroatoms. The Morgan fingerprint density at radius 3 is 2.48 bits per heavy atom. The van der Waals surface area contributed by atoms with Crippen LogP contribution in [0.5, 0.6) is 0 Å².